The number of hydrogen-bond acceptors (Lipinski definition) is 5. The topological polar surface area (TPSA) is 64.1 Å². The molecule has 18 heavy (non-hydrogen) atoms. The maximum Gasteiger partial charge on any atom is 0.376 e. The summed E-state index contributed by atoms with van der Waals surface area (Å²) in [5, 5.41) is 3.09. The first kappa shape index (κ1) is 12.0. The molecule has 2 rings (SSSR count). The molecular weight excluding hydrogens is 230 g/mol. The Kier molecular flexibility index (Phi) is 3.52. The molecule has 5 heteroatoms. The van der Waals surface area contributed by atoms with Crippen LogP contribution in [-0.4, -0.2) is 23.0 Å². The monoisotopic (exact) mass is 243 g/mol. The Labute approximate surface area is 105 Å². The standard InChI is InChI=1S/C13H13N3O2/c1-9-3-5-10(6-4-9)15-11-7-8-14-12(16-11)13(17)18-2/h3-8H,1-2H3,(H,14,15,16). The van der Waals surface area contributed by atoms with Gasteiger partial charge in [-0.25, -0.2) is 14.8 Å². The van der Waals surface area contributed by atoms with Crippen LogP contribution in [0.1, 0.15) is 16.2 Å². The minimum Gasteiger partial charge on any atom is -0.463 e. The summed E-state index contributed by atoms with van der Waals surface area (Å²) < 4.78 is 4.57. The number of methoxy groups -OCH3 is 1. The lowest BCUT2D eigenvalue weighted by molar-refractivity contribution is 0.0587. The Morgan fingerprint density at radius 3 is 2.61 bits per heavy atom. The average molecular weight is 243 g/mol. The zero-order valence-electron chi connectivity index (χ0n) is 10.2. The molecule has 0 bridgehead atoms. The highest BCUT2D eigenvalue weighted by Gasteiger charge is 2.09. The van der Waals surface area contributed by atoms with E-state index in [1.807, 2.05) is 31.2 Å². The number of benzene rings is 1. The second-order valence-corrected chi connectivity index (χ2v) is 3.75. The zero-order chi connectivity index (χ0) is 13.0. The van der Waals surface area contributed by atoms with Gasteiger partial charge in [0.25, 0.3) is 0 Å². The molecule has 0 atom stereocenters. The van der Waals surface area contributed by atoms with Crippen molar-refractivity contribution in [1.29, 1.82) is 0 Å². The van der Waals surface area contributed by atoms with Crippen LogP contribution in [0.15, 0.2) is 36.5 Å². The number of aromatic nitrogens is 2. The number of anilines is 2. The van der Waals surface area contributed by atoms with Crippen LogP contribution in [0.4, 0.5) is 11.5 Å². The summed E-state index contributed by atoms with van der Waals surface area (Å²) >= 11 is 0. The van der Waals surface area contributed by atoms with Gasteiger partial charge >= 0.3 is 5.97 Å². The SMILES string of the molecule is COC(=O)c1nccc(Nc2ccc(C)cc2)n1. The summed E-state index contributed by atoms with van der Waals surface area (Å²) in [7, 11) is 1.30. The van der Waals surface area contributed by atoms with E-state index in [0.29, 0.717) is 5.82 Å². The molecule has 0 radical (unpaired) electrons. The summed E-state index contributed by atoms with van der Waals surface area (Å²) in [6.45, 7) is 2.02. The fourth-order valence-corrected chi connectivity index (χ4v) is 1.40. The van der Waals surface area contributed by atoms with Crippen LogP contribution >= 0.6 is 0 Å². The Hall–Kier alpha value is -2.43. The zero-order valence-corrected chi connectivity index (χ0v) is 10.2. The Bertz CT molecular complexity index is 552. The van der Waals surface area contributed by atoms with E-state index in [0.717, 1.165) is 5.69 Å². The predicted octanol–water partition coefficient (Wildman–Crippen LogP) is 2.32. The molecule has 1 N–H and O–H groups in total. The first-order valence-electron chi connectivity index (χ1n) is 5.44. The average Bonchev–Trinajstić information content (AvgIpc) is 2.41. The molecule has 2 aromatic rings. The summed E-state index contributed by atoms with van der Waals surface area (Å²) in [5.74, 6) is 0.0337. The predicted molar refractivity (Wildman–Crippen MR) is 67.8 cm³/mol. The lowest BCUT2D eigenvalue weighted by Gasteiger charge is -2.06. The van der Waals surface area contributed by atoms with Crippen molar-refractivity contribution in [2.24, 2.45) is 0 Å². The number of rotatable bonds is 3. The number of nitrogens with one attached hydrogen (secondary N) is 1. The highest BCUT2D eigenvalue weighted by atomic mass is 16.5. The van der Waals surface area contributed by atoms with E-state index in [1.54, 1.807) is 6.07 Å². The molecule has 0 saturated heterocycles. The molecule has 1 aromatic heterocycles. The third-order valence-electron chi connectivity index (χ3n) is 2.35. The fraction of sp³-hybridized carbons (Fsp3) is 0.154. The molecule has 0 amide bonds. The van der Waals surface area contributed by atoms with Crippen molar-refractivity contribution in [3.8, 4) is 0 Å². The summed E-state index contributed by atoms with van der Waals surface area (Å²) in [6.07, 6.45) is 1.51. The minimum absolute atomic E-state index is 0.0367. The Balaban J connectivity index is 2.19. The van der Waals surface area contributed by atoms with Crippen LogP contribution in [0.3, 0.4) is 0 Å². The molecular formula is C13H13N3O2. The van der Waals surface area contributed by atoms with Crippen molar-refractivity contribution < 1.29 is 9.53 Å². The number of hydrogen-bond donors (Lipinski definition) is 1. The van der Waals surface area contributed by atoms with Gasteiger partial charge in [-0.1, -0.05) is 17.7 Å². The van der Waals surface area contributed by atoms with Crippen molar-refractivity contribution in [1.82, 2.24) is 9.97 Å². The molecule has 0 saturated carbocycles. The number of aryl methyl sites for hydroxylation is 1. The quantitative estimate of drug-likeness (QED) is 0.838. The molecule has 0 aliphatic carbocycles. The normalized spacial score (nSPS) is 9.89. The van der Waals surface area contributed by atoms with E-state index >= 15 is 0 Å². The third-order valence-corrected chi connectivity index (χ3v) is 2.35. The minimum atomic E-state index is -0.553. The van der Waals surface area contributed by atoms with Gasteiger partial charge in [-0.05, 0) is 25.1 Å². The molecule has 0 unspecified atom stereocenters. The first-order valence-corrected chi connectivity index (χ1v) is 5.44. The largest absolute Gasteiger partial charge is 0.463 e. The van der Waals surface area contributed by atoms with Gasteiger partial charge in [0.2, 0.25) is 5.82 Å². The van der Waals surface area contributed by atoms with Crippen LogP contribution in [0, 0.1) is 6.92 Å². The third kappa shape index (κ3) is 2.82. The van der Waals surface area contributed by atoms with E-state index in [9.17, 15) is 4.79 Å². The van der Waals surface area contributed by atoms with Crippen LogP contribution in [-0.2, 0) is 4.74 Å². The summed E-state index contributed by atoms with van der Waals surface area (Å²) in [4.78, 5) is 19.2. The summed E-state index contributed by atoms with van der Waals surface area (Å²) in [5.41, 5.74) is 2.08. The molecule has 0 fully saturated rings. The number of carbonyl (C=O) groups excluding carboxylic acids is 1. The maximum absolute atomic E-state index is 11.3. The van der Waals surface area contributed by atoms with E-state index in [4.69, 9.17) is 0 Å². The second-order valence-electron chi connectivity index (χ2n) is 3.75. The first-order chi connectivity index (χ1) is 8.69. The molecule has 92 valence electrons. The lowest BCUT2D eigenvalue weighted by Crippen LogP contribution is -2.08. The van der Waals surface area contributed by atoms with Gasteiger partial charge in [-0.15, -0.1) is 0 Å². The van der Waals surface area contributed by atoms with Gasteiger partial charge in [-0.2, -0.15) is 0 Å². The van der Waals surface area contributed by atoms with Crippen molar-refractivity contribution in [3.05, 3.63) is 47.9 Å². The fourth-order valence-electron chi connectivity index (χ4n) is 1.40. The highest BCUT2D eigenvalue weighted by Crippen LogP contribution is 2.14. The highest BCUT2D eigenvalue weighted by molar-refractivity contribution is 5.85. The second kappa shape index (κ2) is 5.27. The van der Waals surface area contributed by atoms with Crippen LogP contribution in [0.2, 0.25) is 0 Å². The van der Waals surface area contributed by atoms with Crippen molar-refractivity contribution in [3.63, 3.8) is 0 Å². The van der Waals surface area contributed by atoms with Crippen LogP contribution in [0.5, 0.6) is 0 Å². The lowest BCUT2D eigenvalue weighted by atomic mass is 10.2. The molecule has 1 heterocycles. The smallest absolute Gasteiger partial charge is 0.376 e. The Morgan fingerprint density at radius 1 is 1.22 bits per heavy atom. The van der Waals surface area contributed by atoms with Crippen molar-refractivity contribution in [2.75, 3.05) is 12.4 Å². The summed E-state index contributed by atoms with van der Waals surface area (Å²) in [6, 6.07) is 9.55. The number of nitrogens with zero attached hydrogens (tertiary/aromatic N) is 2. The molecule has 0 spiro atoms. The van der Waals surface area contributed by atoms with Crippen molar-refractivity contribution in [2.45, 2.75) is 6.92 Å². The van der Waals surface area contributed by atoms with Gasteiger partial charge in [0.1, 0.15) is 5.82 Å². The van der Waals surface area contributed by atoms with Gasteiger partial charge < -0.3 is 10.1 Å². The Morgan fingerprint density at radius 2 is 1.94 bits per heavy atom. The van der Waals surface area contributed by atoms with Gasteiger partial charge in [0.05, 0.1) is 7.11 Å². The van der Waals surface area contributed by atoms with Gasteiger partial charge in [-0.3, -0.25) is 0 Å². The number of carbonyl (C=O) groups is 1. The van der Waals surface area contributed by atoms with E-state index in [-0.39, 0.29) is 5.82 Å². The van der Waals surface area contributed by atoms with Crippen LogP contribution < -0.4 is 5.32 Å². The van der Waals surface area contributed by atoms with Gasteiger partial charge in [0, 0.05) is 11.9 Å². The molecule has 1 aromatic carbocycles. The molecule has 0 aliphatic rings. The van der Waals surface area contributed by atoms with E-state index in [2.05, 4.69) is 20.0 Å². The number of ether oxygens (including phenoxy) is 1. The molecule has 5 nitrogen and oxygen atoms in total. The van der Waals surface area contributed by atoms with E-state index in [1.165, 1.54) is 18.9 Å². The maximum atomic E-state index is 11.3. The van der Waals surface area contributed by atoms with Crippen molar-refractivity contribution >= 4 is 17.5 Å². The number of esters is 1. The van der Waals surface area contributed by atoms with E-state index < -0.39 is 5.97 Å². The van der Waals surface area contributed by atoms with Gasteiger partial charge in [0.15, 0.2) is 0 Å². The van der Waals surface area contributed by atoms with Crippen LogP contribution in [0.25, 0.3) is 0 Å². The molecule has 0 aliphatic heterocycles.